The maximum Gasteiger partial charge on any atom is 0.264 e. The van der Waals surface area contributed by atoms with Gasteiger partial charge in [-0.15, -0.1) is 0 Å². The summed E-state index contributed by atoms with van der Waals surface area (Å²) in [7, 11) is 0. The molecular formula is C29H32FN5O4. The molecule has 2 aliphatic heterocycles. The van der Waals surface area contributed by atoms with Gasteiger partial charge in [0, 0.05) is 25.0 Å². The lowest BCUT2D eigenvalue weighted by atomic mass is 9.90. The van der Waals surface area contributed by atoms with Crippen molar-refractivity contribution in [2.24, 2.45) is 5.41 Å². The Hall–Kier alpha value is -3.60. The minimum Gasteiger partial charge on any atom is -0.493 e. The lowest BCUT2D eigenvalue weighted by molar-refractivity contribution is -0.120. The molecule has 9 nitrogen and oxygen atoms in total. The highest BCUT2D eigenvalue weighted by Gasteiger charge is 2.35. The van der Waals surface area contributed by atoms with Crippen LogP contribution in [0.1, 0.15) is 25.3 Å². The summed E-state index contributed by atoms with van der Waals surface area (Å²) in [6.45, 7) is 6.38. The van der Waals surface area contributed by atoms with E-state index in [2.05, 4.69) is 21.9 Å². The first-order valence-corrected chi connectivity index (χ1v) is 13.2. The smallest absolute Gasteiger partial charge is 0.264 e. The monoisotopic (exact) mass is 533 g/mol. The number of likely N-dealkylation sites (tertiary alicyclic amines) is 1. The van der Waals surface area contributed by atoms with Crippen LogP contribution in [0.2, 0.25) is 0 Å². The Bertz CT molecular complexity index is 1500. The summed E-state index contributed by atoms with van der Waals surface area (Å²) >= 11 is 0. The van der Waals surface area contributed by atoms with Crippen molar-refractivity contribution in [1.82, 2.24) is 24.2 Å². The van der Waals surface area contributed by atoms with Gasteiger partial charge in [-0.3, -0.25) is 14.3 Å². The third-order valence-corrected chi connectivity index (χ3v) is 7.70. The molecule has 0 saturated carbocycles. The second-order valence-electron chi connectivity index (χ2n) is 11.2. The lowest BCUT2D eigenvalue weighted by Crippen LogP contribution is -2.47. The van der Waals surface area contributed by atoms with Crippen molar-refractivity contribution in [3.05, 3.63) is 82.8 Å². The molecule has 1 N–H and O–H groups in total. The zero-order valence-electron chi connectivity index (χ0n) is 21.9. The number of hydrogen-bond donors (Lipinski definition) is 1. The molecule has 0 unspecified atom stereocenters. The number of benzene rings is 2. The minimum atomic E-state index is -1.01. The molecule has 2 aliphatic rings. The summed E-state index contributed by atoms with van der Waals surface area (Å²) in [6, 6.07) is 14.0. The molecular weight excluding hydrogens is 501 g/mol. The van der Waals surface area contributed by atoms with E-state index in [1.54, 1.807) is 16.8 Å². The van der Waals surface area contributed by atoms with E-state index in [-0.39, 0.29) is 23.3 Å². The van der Waals surface area contributed by atoms with E-state index in [4.69, 9.17) is 9.47 Å². The number of aliphatic hydroxyl groups is 1. The molecule has 0 radical (unpaired) electrons. The van der Waals surface area contributed by atoms with Gasteiger partial charge in [0.15, 0.2) is 5.65 Å². The zero-order valence-corrected chi connectivity index (χ0v) is 21.9. The van der Waals surface area contributed by atoms with Crippen LogP contribution in [0.4, 0.5) is 4.39 Å². The first-order chi connectivity index (χ1) is 18.8. The Kier molecular flexibility index (Phi) is 6.70. The van der Waals surface area contributed by atoms with Crippen molar-refractivity contribution in [3.63, 3.8) is 0 Å². The summed E-state index contributed by atoms with van der Waals surface area (Å²) in [4.78, 5) is 20.0. The van der Waals surface area contributed by atoms with Crippen LogP contribution in [0.25, 0.3) is 16.7 Å². The van der Waals surface area contributed by atoms with Gasteiger partial charge in [-0.05, 0) is 54.8 Å². The van der Waals surface area contributed by atoms with Gasteiger partial charge in [-0.2, -0.15) is 5.10 Å². The van der Waals surface area contributed by atoms with Crippen LogP contribution >= 0.6 is 0 Å². The third-order valence-electron chi connectivity index (χ3n) is 7.70. The third kappa shape index (κ3) is 5.45. The maximum atomic E-state index is 13.3. The van der Waals surface area contributed by atoms with Crippen molar-refractivity contribution in [2.45, 2.75) is 38.5 Å². The Labute approximate surface area is 225 Å². The Morgan fingerprint density at radius 2 is 1.79 bits per heavy atom. The molecule has 4 heterocycles. The van der Waals surface area contributed by atoms with Gasteiger partial charge in [0.2, 0.25) is 0 Å². The fraction of sp³-hybridized carbons (Fsp3) is 0.414. The molecule has 2 aromatic heterocycles. The van der Waals surface area contributed by atoms with Gasteiger partial charge in [-0.1, -0.05) is 19.1 Å². The van der Waals surface area contributed by atoms with Crippen molar-refractivity contribution in [1.29, 1.82) is 0 Å². The van der Waals surface area contributed by atoms with Crippen LogP contribution in [0.5, 0.6) is 5.75 Å². The van der Waals surface area contributed by atoms with Crippen LogP contribution < -0.4 is 10.3 Å². The predicted molar refractivity (Wildman–Crippen MR) is 143 cm³/mol. The first-order valence-electron chi connectivity index (χ1n) is 13.2. The molecule has 204 valence electrons. The summed E-state index contributed by atoms with van der Waals surface area (Å²) in [5.74, 6) is 0.511. The molecule has 10 heteroatoms. The Morgan fingerprint density at radius 1 is 1.08 bits per heavy atom. The molecule has 0 atom stereocenters. The van der Waals surface area contributed by atoms with E-state index < -0.39 is 5.60 Å². The predicted octanol–water partition coefficient (Wildman–Crippen LogP) is 3.16. The number of halogens is 1. The average molecular weight is 534 g/mol. The summed E-state index contributed by atoms with van der Waals surface area (Å²) in [5, 5.41) is 16.1. The number of rotatable bonds is 8. The van der Waals surface area contributed by atoms with Gasteiger partial charge in [-0.25, -0.2) is 14.1 Å². The van der Waals surface area contributed by atoms with Crippen LogP contribution in [0.15, 0.2) is 65.8 Å². The summed E-state index contributed by atoms with van der Waals surface area (Å²) in [5.41, 5.74) is 1.09. The van der Waals surface area contributed by atoms with E-state index in [9.17, 15) is 14.3 Å². The largest absolute Gasteiger partial charge is 0.493 e. The molecule has 0 amide bonds. The van der Waals surface area contributed by atoms with Crippen LogP contribution in [0, 0.1) is 11.2 Å². The average Bonchev–Trinajstić information content (AvgIpc) is 3.36. The zero-order chi connectivity index (χ0) is 27.0. The van der Waals surface area contributed by atoms with Crippen LogP contribution in [0.3, 0.4) is 0 Å². The molecule has 4 aromatic rings. The second-order valence-corrected chi connectivity index (χ2v) is 11.2. The van der Waals surface area contributed by atoms with Crippen molar-refractivity contribution < 1.29 is 19.0 Å². The number of ether oxygens (including phenoxy) is 2. The molecule has 0 spiro atoms. The van der Waals surface area contributed by atoms with Crippen molar-refractivity contribution >= 4 is 11.0 Å². The molecule has 2 saturated heterocycles. The van der Waals surface area contributed by atoms with Gasteiger partial charge >= 0.3 is 0 Å². The summed E-state index contributed by atoms with van der Waals surface area (Å²) < 4.78 is 27.5. The van der Waals surface area contributed by atoms with Crippen LogP contribution in [-0.2, 0) is 17.8 Å². The highest BCUT2D eigenvalue weighted by atomic mass is 19.1. The topological polar surface area (TPSA) is 94.6 Å². The van der Waals surface area contributed by atoms with E-state index in [1.807, 2.05) is 24.3 Å². The quantitative estimate of drug-likeness (QED) is 0.372. The lowest BCUT2D eigenvalue weighted by Gasteiger charge is -2.38. The highest BCUT2D eigenvalue weighted by molar-refractivity contribution is 5.75. The molecule has 6 rings (SSSR count). The minimum absolute atomic E-state index is 0.0643. The van der Waals surface area contributed by atoms with Gasteiger partial charge in [0.1, 0.15) is 23.3 Å². The van der Waals surface area contributed by atoms with E-state index in [0.29, 0.717) is 63.3 Å². The van der Waals surface area contributed by atoms with E-state index >= 15 is 0 Å². The number of nitrogens with zero attached hydrogens (tertiary/aromatic N) is 5. The van der Waals surface area contributed by atoms with E-state index in [0.717, 1.165) is 17.0 Å². The normalized spacial score (nSPS) is 18.6. The van der Waals surface area contributed by atoms with Gasteiger partial charge < -0.3 is 14.6 Å². The molecule has 0 aliphatic carbocycles. The fourth-order valence-corrected chi connectivity index (χ4v) is 5.18. The SMILES string of the molecule is CC1(COc2ccc(-n3ncc4c(=O)n(CC5(O)CCN(Cc6ccc(F)cc6)CC5)cnc43)cc2)COC1. The van der Waals surface area contributed by atoms with Crippen molar-refractivity contribution in [3.8, 4) is 11.4 Å². The molecule has 2 aromatic carbocycles. The highest BCUT2D eigenvalue weighted by Crippen LogP contribution is 2.28. The Balaban J connectivity index is 1.11. The number of piperidine rings is 1. The summed E-state index contributed by atoms with van der Waals surface area (Å²) in [6.07, 6.45) is 4.07. The fourth-order valence-electron chi connectivity index (χ4n) is 5.18. The molecule has 39 heavy (non-hydrogen) atoms. The maximum absolute atomic E-state index is 13.3. The first kappa shape index (κ1) is 25.7. The van der Waals surface area contributed by atoms with Gasteiger partial charge in [0.25, 0.3) is 5.56 Å². The number of aromatic nitrogens is 4. The van der Waals surface area contributed by atoms with E-state index in [1.165, 1.54) is 29.2 Å². The number of fused-ring (bicyclic) bond motifs is 1. The van der Waals surface area contributed by atoms with Crippen LogP contribution in [-0.4, -0.2) is 67.8 Å². The van der Waals surface area contributed by atoms with Crippen molar-refractivity contribution in [2.75, 3.05) is 32.9 Å². The molecule has 2 fully saturated rings. The standard InChI is InChI=1S/C29H32FN5O4/c1-28(17-38-18-28)19-39-24-8-6-23(7-9-24)35-26-25(14-32-35)27(36)34(20-31-26)16-29(37)10-12-33(13-11-29)15-21-2-4-22(30)5-3-21/h2-9,14,20,37H,10-13,15-19H2,1H3. The second kappa shape index (κ2) is 10.2. The van der Waals surface area contributed by atoms with Gasteiger partial charge in [0.05, 0.1) is 43.9 Å². The Morgan fingerprint density at radius 3 is 2.46 bits per heavy atom. The molecule has 0 bridgehead atoms. The number of hydrogen-bond acceptors (Lipinski definition) is 7.